The van der Waals surface area contributed by atoms with Crippen LogP contribution < -0.4 is 4.90 Å². The minimum Gasteiger partial charge on any atom is -0.368 e. The van der Waals surface area contributed by atoms with Gasteiger partial charge in [-0.15, -0.1) is 11.6 Å². The minimum absolute atomic E-state index is 0.651. The average molecular weight is 224 g/mol. The highest BCUT2D eigenvalue weighted by Gasteiger charge is 2.24. The van der Waals surface area contributed by atoms with Gasteiger partial charge in [-0.3, -0.25) is 0 Å². The molecule has 0 saturated carbocycles. The van der Waals surface area contributed by atoms with Gasteiger partial charge in [0, 0.05) is 24.2 Å². The third-order valence-corrected chi connectivity index (χ3v) is 3.40. The normalized spacial score (nSPS) is 19.3. The van der Waals surface area contributed by atoms with Gasteiger partial charge >= 0.3 is 0 Å². The Hall–Kier alpha value is -0.690. The maximum Gasteiger partial charge on any atom is 0.0402 e. The fourth-order valence-electron chi connectivity index (χ4n) is 2.35. The molecule has 0 radical (unpaired) electrons. The number of hydrogen-bond acceptors (Lipinski definition) is 1. The third kappa shape index (κ3) is 2.28. The molecule has 0 aliphatic carbocycles. The molecule has 0 N–H and O–H groups in total. The zero-order valence-electron chi connectivity index (χ0n) is 9.25. The summed E-state index contributed by atoms with van der Waals surface area (Å²) in [6.07, 6.45) is 3.51. The van der Waals surface area contributed by atoms with Crippen molar-refractivity contribution >= 4 is 17.3 Å². The van der Waals surface area contributed by atoms with E-state index in [0.717, 1.165) is 18.8 Å². The third-order valence-electron chi connectivity index (χ3n) is 3.13. The Morgan fingerprint density at radius 3 is 2.93 bits per heavy atom. The van der Waals surface area contributed by atoms with E-state index in [1.54, 1.807) is 0 Å². The molecule has 0 spiro atoms. The highest BCUT2D eigenvalue weighted by Crippen LogP contribution is 2.31. The predicted octanol–water partition coefficient (Wildman–Crippen LogP) is 3.46. The van der Waals surface area contributed by atoms with Gasteiger partial charge in [-0.25, -0.2) is 0 Å². The molecule has 15 heavy (non-hydrogen) atoms. The first-order valence-electron chi connectivity index (χ1n) is 5.73. The molecule has 0 aromatic heterocycles. The van der Waals surface area contributed by atoms with Crippen LogP contribution in [0.25, 0.3) is 0 Å². The van der Waals surface area contributed by atoms with Crippen molar-refractivity contribution in [2.75, 3.05) is 17.3 Å². The number of nitrogens with zero attached hydrogens (tertiary/aromatic N) is 1. The molecular weight excluding hydrogens is 206 g/mol. The summed E-state index contributed by atoms with van der Waals surface area (Å²) in [5.74, 6) is 0.782. The van der Waals surface area contributed by atoms with Crippen molar-refractivity contribution < 1.29 is 0 Å². The zero-order valence-corrected chi connectivity index (χ0v) is 10.0. The van der Waals surface area contributed by atoms with Crippen LogP contribution >= 0.6 is 11.6 Å². The first-order chi connectivity index (χ1) is 7.33. The Balaban J connectivity index is 2.05. The Morgan fingerprint density at radius 2 is 2.13 bits per heavy atom. The van der Waals surface area contributed by atoms with Crippen LogP contribution in [0.1, 0.15) is 25.3 Å². The van der Waals surface area contributed by atoms with Crippen LogP contribution in [0.4, 0.5) is 5.69 Å². The van der Waals surface area contributed by atoms with Gasteiger partial charge in [-0.1, -0.05) is 18.2 Å². The summed E-state index contributed by atoms with van der Waals surface area (Å²) < 4.78 is 0. The lowest BCUT2D eigenvalue weighted by Gasteiger charge is -2.24. The van der Waals surface area contributed by atoms with Gasteiger partial charge in [0.2, 0.25) is 0 Å². The lowest BCUT2D eigenvalue weighted by molar-refractivity contribution is 0.642. The van der Waals surface area contributed by atoms with Crippen LogP contribution in [-0.2, 0) is 6.42 Å². The summed E-state index contributed by atoms with van der Waals surface area (Å²) in [6, 6.07) is 9.39. The molecular formula is C13H18ClN. The number of alkyl halides is 1. The van der Waals surface area contributed by atoms with Gasteiger partial charge in [-0.05, 0) is 37.8 Å². The number of anilines is 1. The topological polar surface area (TPSA) is 3.24 Å². The maximum atomic E-state index is 5.71. The van der Waals surface area contributed by atoms with E-state index in [1.807, 2.05) is 0 Å². The van der Waals surface area contributed by atoms with E-state index in [9.17, 15) is 0 Å². The molecule has 1 aliphatic rings. The van der Waals surface area contributed by atoms with Crippen molar-refractivity contribution in [3.63, 3.8) is 0 Å². The van der Waals surface area contributed by atoms with Gasteiger partial charge in [0.15, 0.2) is 0 Å². The summed E-state index contributed by atoms with van der Waals surface area (Å²) in [5, 5.41) is 0. The molecule has 0 fully saturated rings. The first-order valence-corrected chi connectivity index (χ1v) is 6.27. The summed E-state index contributed by atoms with van der Waals surface area (Å²) in [7, 11) is 0. The van der Waals surface area contributed by atoms with Crippen molar-refractivity contribution in [2.24, 2.45) is 0 Å². The molecule has 1 aliphatic heterocycles. The molecule has 2 rings (SSSR count). The number of rotatable bonds is 4. The molecule has 0 bridgehead atoms. The molecule has 1 nitrogen and oxygen atoms in total. The second-order valence-corrected chi connectivity index (χ2v) is 4.65. The van der Waals surface area contributed by atoms with E-state index in [-0.39, 0.29) is 0 Å². The zero-order chi connectivity index (χ0) is 10.7. The Labute approximate surface area is 97.0 Å². The van der Waals surface area contributed by atoms with Gasteiger partial charge in [0.1, 0.15) is 0 Å². The van der Waals surface area contributed by atoms with Crippen molar-refractivity contribution in [3.05, 3.63) is 29.8 Å². The van der Waals surface area contributed by atoms with E-state index >= 15 is 0 Å². The smallest absolute Gasteiger partial charge is 0.0402 e. The Kier molecular flexibility index (Phi) is 3.53. The van der Waals surface area contributed by atoms with E-state index < -0.39 is 0 Å². The summed E-state index contributed by atoms with van der Waals surface area (Å²) in [5.41, 5.74) is 2.93. The summed E-state index contributed by atoms with van der Waals surface area (Å²) in [4.78, 5) is 2.52. The monoisotopic (exact) mass is 223 g/mol. The van der Waals surface area contributed by atoms with Crippen LogP contribution in [-0.4, -0.2) is 18.5 Å². The quantitative estimate of drug-likeness (QED) is 0.558. The summed E-state index contributed by atoms with van der Waals surface area (Å²) >= 11 is 5.71. The SMILES string of the molecule is CC1Cc2ccccc2N1CCCCCl. The molecule has 1 heterocycles. The highest BCUT2D eigenvalue weighted by atomic mass is 35.5. The molecule has 0 amide bonds. The second kappa shape index (κ2) is 4.89. The number of fused-ring (bicyclic) bond motifs is 1. The van der Waals surface area contributed by atoms with Crippen LogP contribution in [0.2, 0.25) is 0 Å². The highest BCUT2D eigenvalue weighted by molar-refractivity contribution is 6.17. The minimum atomic E-state index is 0.651. The molecule has 1 unspecified atom stereocenters. The number of halogens is 1. The van der Waals surface area contributed by atoms with Gasteiger partial charge < -0.3 is 4.90 Å². The first kappa shape index (κ1) is 10.8. The van der Waals surface area contributed by atoms with E-state index in [1.165, 1.54) is 24.1 Å². The van der Waals surface area contributed by atoms with Gasteiger partial charge in [0.05, 0.1) is 0 Å². The number of hydrogen-bond donors (Lipinski definition) is 0. The van der Waals surface area contributed by atoms with Crippen molar-refractivity contribution in [1.82, 2.24) is 0 Å². The van der Waals surface area contributed by atoms with Gasteiger partial charge in [0.25, 0.3) is 0 Å². The Bertz CT molecular complexity index is 324. The molecule has 1 aromatic rings. The fraction of sp³-hybridized carbons (Fsp3) is 0.538. The van der Waals surface area contributed by atoms with Crippen LogP contribution in [0.3, 0.4) is 0 Å². The van der Waals surface area contributed by atoms with Gasteiger partial charge in [-0.2, -0.15) is 0 Å². The molecule has 2 heteroatoms. The van der Waals surface area contributed by atoms with Crippen LogP contribution in [0.5, 0.6) is 0 Å². The van der Waals surface area contributed by atoms with Crippen molar-refractivity contribution in [3.8, 4) is 0 Å². The largest absolute Gasteiger partial charge is 0.368 e. The number of benzene rings is 1. The number of unbranched alkanes of at least 4 members (excludes halogenated alkanes) is 1. The second-order valence-electron chi connectivity index (χ2n) is 4.27. The average Bonchev–Trinajstić information content (AvgIpc) is 2.56. The van der Waals surface area contributed by atoms with Crippen molar-refractivity contribution in [2.45, 2.75) is 32.2 Å². The standard InChI is InChI=1S/C13H18ClN/c1-11-10-12-6-2-3-7-13(12)15(11)9-5-4-8-14/h2-3,6-7,11H,4-5,8-10H2,1H3. The number of para-hydroxylation sites is 1. The molecule has 1 aromatic carbocycles. The fourth-order valence-corrected chi connectivity index (χ4v) is 2.54. The summed E-state index contributed by atoms with van der Waals surface area (Å²) in [6.45, 7) is 3.45. The van der Waals surface area contributed by atoms with E-state index in [2.05, 4.69) is 36.1 Å². The lowest BCUT2D eigenvalue weighted by atomic mass is 10.1. The van der Waals surface area contributed by atoms with E-state index in [4.69, 9.17) is 11.6 Å². The molecule has 0 saturated heterocycles. The molecule has 1 atom stereocenters. The maximum absolute atomic E-state index is 5.71. The predicted molar refractivity (Wildman–Crippen MR) is 66.9 cm³/mol. The molecule has 82 valence electrons. The van der Waals surface area contributed by atoms with Crippen molar-refractivity contribution in [1.29, 1.82) is 0 Å². The lowest BCUT2D eigenvalue weighted by Crippen LogP contribution is -2.30. The van der Waals surface area contributed by atoms with Crippen LogP contribution in [0, 0.1) is 0 Å². The van der Waals surface area contributed by atoms with Crippen LogP contribution in [0.15, 0.2) is 24.3 Å². The Morgan fingerprint density at radius 1 is 1.33 bits per heavy atom. The van der Waals surface area contributed by atoms with E-state index in [0.29, 0.717) is 6.04 Å².